The molecule has 0 aromatic heterocycles. The van der Waals surface area contributed by atoms with Crippen molar-refractivity contribution < 1.29 is 9.72 Å². The van der Waals surface area contributed by atoms with Crippen molar-refractivity contribution in [3.63, 3.8) is 0 Å². The Bertz CT molecular complexity index is 771. The number of carbonyl (C=O) groups excluding carboxylic acids is 1. The van der Waals surface area contributed by atoms with Crippen LogP contribution in [0.2, 0.25) is 0 Å². The summed E-state index contributed by atoms with van der Waals surface area (Å²) in [5.74, 6) is 4.89. The van der Waals surface area contributed by atoms with Gasteiger partial charge in [-0.2, -0.15) is 0 Å². The summed E-state index contributed by atoms with van der Waals surface area (Å²) in [6.07, 6.45) is 3.52. The molecule has 0 saturated carbocycles. The normalized spacial score (nSPS) is 11.5. The maximum Gasteiger partial charge on any atom is 0.217 e. The van der Waals surface area contributed by atoms with Crippen LogP contribution in [0.25, 0.3) is 6.08 Å². The SMILES string of the molecule is O=C(C[C@@H](C#C/C=C/c1ccccc1)C[N+](=O)[O-])c1ccccc1. The first-order valence-corrected chi connectivity index (χ1v) is 7.58. The van der Waals surface area contributed by atoms with Gasteiger partial charge in [0, 0.05) is 16.9 Å². The molecule has 24 heavy (non-hydrogen) atoms. The van der Waals surface area contributed by atoms with Gasteiger partial charge in [-0.3, -0.25) is 14.9 Å². The van der Waals surface area contributed by atoms with Gasteiger partial charge in [0.1, 0.15) is 0 Å². The predicted molar refractivity (Wildman–Crippen MR) is 94.0 cm³/mol. The van der Waals surface area contributed by atoms with Crippen LogP contribution in [0.5, 0.6) is 0 Å². The van der Waals surface area contributed by atoms with Crippen LogP contribution in [0.1, 0.15) is 22.3 Å². The quantitative estimate of drug-likeness (QED) is 0.351. The minimum Gasteiger partial charge on any atom is -0.294 e. The van der Waals surface area contributed by atoms with Crippen LogP contribution in [0.3, 0.4) is 0 Å². The molecule has 1 atom stereocenters. The van der Waals surface area contributed by atoms with Gasteiger partial charge in [0.15, 0.2) is 5.78 Å². The van der Waals surface area contributed by atoms with Crippen molar-refractivity contribution in [1.29, 1.82) is 0 Å². The molecule has 0 fully saturated rings. The number of carbonyl (C=O) groups is 1. The fourth-order valence-electron chi connectivity index (χ4n) is 2.17. The number of allylic oxidation sites excluding steroid dienone is 1. The van der Waals surface area contributed by atoms with Crippen LogP contribution >= 0.6 is 0 Å². The van der Waals surface area contributed by atoms with Gasteiger partial charge in [0.05, 0.1) is 5.92 Å². The minimum absolute atomic E-state index is 0.0389. The maximum atomic E-state index is 12.2. The Morgan fingerprint density at radius 3 is 2.33 bits per heavy atom. The third kappa shape index (κ3) is 5.90. The van der Waals surface area contributed by atoms with E-state index in [2.05, 4.69) is 11.8 Å². The van der Waals surface area contributed by atoms with Crippen LogP contribution in [-0.2, 0) is 0 Å². The van der Waals surface area contributed by atoms with Crippen molar-refractivity contribution in [3.05, 3.63) is 88.0 Å². The van der Waals surface area contributed by atoms with E-state index in [1.54, 1.807) is 30.3 Å². The van der Waals surface area contributed by atoms with Crippen LogP contribution in [0, 0.1) is 27.9 Å². The lowest BCUT2D eigenvalue weighted by atomic mass is 9.98. The fourth-order valence-corrected chi connectivity index (χ4v) is 2.17. The monoisotopic (exact) mass is 319 g/mol. The highest BCUT2D eigenvalue weighted by Crippen LogP contribution is 2.10. The summed E-state index contributed by atoms with van der Waals surface area (Å²) in [7, 11) is 0. The lowest BCUT2D eigenvalue weighted by molar-refractivity contribution is -0.485. The van der Waals surface area contributed by atoms with Crippen molar-refractivity contribution in [2.75, 3.05) is 6.54 Å². The van der Waals surface area contributed by atoms with E-state index in [0.717, 1.165) is 5.56 Å². The van der Waals surface area contributed by atoms with Gasteiger partial charge in [-0.05, 0) is 17.7 Å². The van der Waals surface area contributed by atoms with Crippen molar-refractivity contribution in [2.45, 2.75) is 6.42 Å². The Hall–Kier alpha value is -3.19. The van der Waals surface area contributed by atoms with Crippen LogP contribution in [0.4, 0.5) is 0 Å². The van der Waals surface area contributed by atoms with E-state index in [0.29, 0.717) is 5.56 Å². The Labute approximate surface area is 141 Å². The molecule has 4 nitrogen and oxygen atoms in total. The lowest BCUT2D eigenvalue weighted by Gasteiger charge is -2.05. The van der Waals surface area contributed by atoms with E-state index in [1.807, 2.05) is 42.5 Å². The molecule has 0 aliphatic heterocycles. The number of hydrogen-bond acceptors (Lipinski definition) is 3. The van der Waals surface area contributed by atoms with Gasteiger partial charge in [0.2, 0.25) is 6.54 Å². The molecule has 2 rings (SSSR count). The summed E-state index contributed by atoms with van der Waals surface area (Å²) < 4.78 is 0. The van der Waals surface area contributed by atoms with Gasteiger partial charge < -0.3 is 0 Å². The number of nitrogens with zero attached hydrogens (tertiary/aromatic N) is 1. The lowest BCUT2D eigenvalue weighted by Crippen LogP contribution is -2.16. The number of ketones is 1. The number of Topliss-reactive ketones (excluding diaryl/α,β-unsaturated/α-hetero) is 1. The van der Waals surface area contributed by atoms with Crippen LogP contribution in [-0.4, -0.2) is 17.3 Å². The number of rotatable bonds is 6. The van der Waals surface area contributed by atoms with E-state index in [-0.39, 0.29) is 18.7 Å². The average Bonchev–Trinajstić information content (AvgIpc) is 2.59. The second-order valence-corrected chi connectivity index (χ2v) is 5.24. The Kier molecular flexibility index (Phi) is 6.48. The van der Waals surface area contributed by atoms with Crippen molar-refractivity contribution in [3.8, 4) is 11.8 Å². The first kappa shape index (κ1) is 17.2. The highest BCUT2D eigenvalue weighted by molar-refractivity contribution is 5.96. The average molecular weight is 319 g/mol. The fraction of sp³-hybridized carbons (Fsp3) is 0.150. The molecule has 2 aromatic rings. The summed E-state index contributed by atoms with van der Waals surface area (Å²) in [6.45, 7) is -0.343. The minimum atomic E-state index is -0.604. The Balaban J connectivity index is 2.03. The summed E-state index contributed by atoms with van der Waals surface area (Å²) in [5, 5.41) is 10.8. The molecule has 0 aliphatic rings. The molecular weight excluding hydrogens is 302 g/mol. The van der Waals surface area contributed by atoms with Crippen molar-refractivity contribution in [2.24, 2.45) is 5.92 Å². The summed E-state index contributed by atoms with van der Waals surface area (Å²) in [6, 6.07) is 18.4. The van der Waals surface area contributed by atoms with Gasteiger partial charge in [-0.15, -0.1) is 0 Å². The van der Waals surface area contributed by atoms with E-state index >= 15 is 0 Å². The third-order valence-corrected chi connectivity index (χ3v) is 3.34. The van der Waals surface area contributed by atoms with Crippen molar-refractivity contribution in [1.82, 2.24) is 0 Å². The zero-order valence-electron chi connectivity index (χ0n) is 13.1. The topological polar surface area (TPSA) is 60.2 Å². The Morgan fingerprint density at radius 1 is 1.08 bits per heavy atom. The summed E-state index contributed by atoms with van der Waals surface area (Å²) >= 11 is 0. The van der Waals surface area contributed by atoms with Gasteiger partial charge in [-0.25, -0.2) is 0 Å². The van der Waals surface area contributed by atoms with Gasteiger partial charge >= 0.3 is 0 Å². The van der Waals surface area contributed by atoms with Crippen molar-refractivity contribution >= 4 is 11.9 Å². The first-order valence-electron chi connectivity index (χ1n) is 7.58. The molecular formula is C20H17NO3. The molecule has 0 aliphatic carbocycles. The number of nitro groups is 1. The van der Waals surface area contributed by atoms with Gasteiger partial charge in [-0.1, -0.05) is 72.5 Å². The third-order valence-electron chi connectivity index (χ3n) is 3.34. The molecule has 0 radical (unpaired) electrons. The van der Waals surface area contributed by atoms with E-state index in [4.69, 9.17) is 0 Å². The highest BCUT2D eigenvalue weighted by atomic mass is 16.6. The van der Waals surface area contributed by atoms with Crippen LogP contribution in [0.15, 0.2) is 66.7 Å². The predicted octanol–water partition coefficient (Wildman–Crippen LogP) is 3.87. The smallest absolute Gasteiger partial charge is 0.217 e. The maximum absolute atomic E-state index is 12.2. The van der Waals surface area contributed by atoms with E-state index < -0.39 is 10.8 Å². The Morgan fingerprint density at radius 2 is 1.71 bits per heavy atom. The highest BCUT2D eigenvalue weighted by Gasteiger charge is 2.18. The molecule has 2 aromatic carbocycles. The largest absolute Gasteiger partial charge is 0.294 e. The summed E-state index contributed by atoms with van der Waals surface area (Å²) in [4.78, 5) is 22.5. The van der Waals surface area contributed by atoms with Gasteiger partial charge in [0.25, 0.3) is 0 Å². The molecule has 120 valence electrons. The van der Waals surface area contributed by atoms with Crippen LogP contribution < -0.4 is 0 Å². The molecule has 0 amide bonds. The summed E-state index contributed by atoms with van der Waals surface area (Å²) in [5.41, 5.74) is 1.55. The van der Waals surface area contributed by atoms with E-state index in [9.17, 15) is 14.9 Å². The molecule has 0 bridgehead atoms. The zero-order valence-corrected chi connectivity index (χ0v) is 13.1. The second kappa shape index (κ2) is 9.06. The van der Waals surface area contributed by atoms with E-state index in [1.165, 1.54) is 0 Å². The second-order valence-electron chi connectivity index (χ2n) is 5.24. The molecule has 0 unspecified atom stereocenters. The number of benzene rings is 2. The first-order chi connectivity index (χ1) is 11.6. The molecule has 0 spiro atoms. The standard InChI is InChI=1S/C20H17NO3/c22-20(19-13-5-2-6-14-19)15-18(16-21(23)24)12-8-7-11-17-9-3-1-4-10-17/h1-7,9-11,13-14,18H,15-16H2/b11-7+/t18-/m1/s1. The molecule has 0 saturated heterocycles. The number of hydrogen-bond donors (Lipinski definition) is 0. The molecule has 4 heteroatoms. The molecule has 0 heterocycles. The molecule has 0 N–H and O–H groups in total. The zero-order chi connectivity index (χ0) is 17.2.